The van der Waals surface area contributed by atoms with Crippen molar-refractivity contribution in [1.29, 1.82) is 0 Å². The SMILES string of the molecule is C[C@@H](N)c1ccccn1.O=C(O)[C@@H](O)[C@H](O)C(=O)O. The van der Waals surface area contributed by atoms with Crippen molar-refractivity contribution < 1.29 is 30.0 Å². The van der Waals surface area contributed by atoms with Gasteiger partial charge in [0, 0.05) is 12.2 Å². The number of hydrogen-bond acceptors (Lipinski definition) is 6. The molecular formula is C11H16N2O6. The smallest absolute Gasteiger partial charge is 0.335 e. The Balaban J connectivity index is 0.000000342. The van der Waals surface area contributed by atoms with E-state index in [4.69, 9.17) is 26.2 Å². The van der Waals surface area contributed by atoms with E-state index in [9.17, 15) is 9.59 Å². The molecule has 0 unspecified atom stereocenters. The number of hydrogen-bond donors (Lipinski definition) is 5. The van der Waals surface area contributed by atoms with E-state index in [1.54, 1.807) is 6.20 Å². The van der Waals surface area contributed by atoms with Crippen LogP contribution in [0.25, 0.3) is 0 Å². The Morgan fingerprint density at radius 2 is 1.63 bits per heavy atom. The number of carboxylic acid groups (broad SMARTS) is 2. The number of nitrogens with zero attached hydrogens (tertiary/aromatic N) is 1. The van der Waals surface area contributed by atoms with Gasteiger partial charge in [-0.05, 0) is 19.1 Å². The monoisotopic (exact) mass is 272 g/mol. The Labute approximate surface area is 109 Å². The molecule has 6 N–H and O–H groups in total. The average Bonchev–Trinajstić information content (AvgIpc) is 2.38. The number of nitrogens with two attached hydrogens (primary N) is 1. The van der Waals surface area contributed by atoms with Gasteiger partial charge in [-0.15, -0.1) is 0 Å². The van der Waals surface area contributed by atoms with Gasteiger partial charge in [-0.1, -0.05) is 6.07 Å². The Hall–Kier alpha value is -2.03. The summed E-state index contributed by atoms with van der Waals surface area (Å²) < 4.78 is 0. The highest BCUT2D eigenvalue weighted by Gasteiger charge is 2.29. The maximum Gasteiger partial charge on any atom is 0.335 e. The number of pyridine rings is 1. The number of rotatable bonds is 4. The van der Waals surface area contributed by atoms with Crippen molar-refractivity contribution >= 4 is 11.9 Å². The lowest BCUT2D eigenvalue weighted by Gasteiger charge is -2.07. The van der Waals surface area contributed by atoms with E-state index in [0.29, 0.717) is 0 Å². The minimum Gasteiger partial charge on any atom is -0.479 e. The highest BCUT2D eigenvalue weighted by Crippen LogP contribution is 2.02. The molecule has 0 saturated heterocycles. The van der Waals surface area contributed by atoms with Gasteiger partial charge >= 0.3 is 11.9 Å². The molecular weight excluding hydrogens is 256 g/mol. The molecule has 1 aromatic rings. The number of aliphatic carboxylic acids is 2. The van der Waals surface area contributed by atoms with Gasteiger partial charge in [-0.2, -0.15) is 0 Å². The Morgan fingerprint density at radius 1 is 1.16 bits per heavy atom. The molecule has 0 amide bonds. The van der Waals surface area contributed by atoms with Gasteiger partial charge in [0.15, 0.2) is 12.2 Å². The number of aliphatic hydroxyl groups is 2. The molecule has 1 rings (SSSR count). The third kappa shape index (κ3) is 6.46. The standard InChI is InChI=1S/C7H10N2.C4H6O6/c1-6(8)7-4-2-3-5-9-7;5-1(3(7)8)2(6)4(9)10/h2-6H,8H2,1H3;1-2,5-6H,(H,7,8)(H,9,10)/t6-;1-,2-/m10/s1. The third-order valence-corrected chi connectivity index (χ3v) is 1.96. The Morgan fingerprint density at radius 3 is 1.84 bits per heavy atom. The average molecular weight is 272 g/mol. The zero-order valence-electron chi connectivity index (χ0n) is 10.2. The Bertz CT molecular complexity index is 391. The van der Waals surface area contributed by atoms with E-state index in [1.165, 1.54) is 0 Å². The fraction of sp³-hybridized carbons (Fsp3) is 0.364. The van der Waals surface area contributed by atoms with Crippen molar-refractivity contribution in [2.24, 2.45) is 5.73 Å². The van der Waals surface area contributed by atoms with Crippen LogP contribution >= 0.6 is 0 Å². The third-order valence-electron chi connectivity index (χ3n) is 1.96. The molecule has 0 aliphatic carbocycles. The van der Waals surface area contributed by atoms with Crippen LogP contribution in [0, 0.1) is 0 Å². The lowest BCUT2D eigenvalue weighted by atomic mass is 10.2. The molecule has 8 nitrogen and oxygen atoms in total. The molecule has 1 heterocycles. The second-order valence-corrected chi connectivity index (χ2v) is 3.61. The second kappa shape index (κ2) is 8.14. The van der Waals surface area contributed by atoms with Crippen molar-refractivity contribution in [3.05, 3.63) is 30.1 Å². The quantitative estimate of drug-likeness (QED) is 0.466. The minimum absolute atomic E-state index is 0.0474. The molecule has 0 aromatic carbocycles. The molecule has 0 saturated carbocycles. The summed E-state index contributed by atoms with van der Waals surface area (Å²) in [6.07, 6.45) is -2.78. The van der Waals surface area contributed by atoms with Crippen LogP contribution in [0.1, 0.15) is 18.7 Å². The van der Waals surface area contributed by atoms with Crippen molar-refractivity contribution in [3.8, 4) is 0 Å². The predicted octanol–water partition coefficient (Wildman–Crippen LogP) is -1.02. The zero-order chi connectivity index (χ0) is 15.0. The minimum atomic E-state index is -2.27. The summed E-state index contributed by atoms with van der Waals surface area (Å²) in [5.41, 5.74) is 6.49. The fourth-order valence-corrected chi connectivity index (χ4v) is 0.915. The highest BCUT2D eigenvalue weighted by molar-refractivity contribution is 5.83. The van der Waals surface area contributed by atoms with Gasteiger partial charge in [0.1, 0.15) is 0 Å². The highest BCUT2D eigenvalue weighted by atomic mass is 16.4. The van der Waals surface area contributed by atoms with E-state index in [-0.39, 0.29) is 6.04 Å². The predicted molar refractivity (Wildman–Crippen MR) is 64.1 cm³/mol. The Kier molecular flexibility index (Phi) is 7.27. The summed E-state index contributed by atoms with van der Waals surface area (Å²) in [4.78, 5) is 23.6. The summed E-state index contributed by atoms with van der Waals surface area (Å²) in [5, 5.41) is 32.5. The number of aromatic nitrogens is 1. The molecule has 1 aromatic heterocycles. The molecule has 0 fully saturated rings. The number of carboxylic acids is 2. The van der Waals surface area contributed by atoms with Gasteiger partial charge < -0.3 is 26.2 Å². The molecule has 0 radical (unpaired) electrons. The molecule has 106 valence electrons. The first-order chi connectivity index (χ1) is 8.77. The molecule has 8 heteroatoms. The maximum atomic E-state index is 9.77. The maximum absolute atomic E-state index is 9.77. The second-order valence-electron chi connectivity index (χ2n) is 3.61. The lowest BCUT2D eigenvalue weighted by molar-refractivity contribution is -0.165. The first-order valence-corrected chi connectivity index (χ1v) is 5.25. The van der Waals surface area contributed by atoms with Crippen LogP contribution in [-0.4, -0.2) is 49.6 Å². The zero-order valence-corrected chi connectivity index (χ0v) is 10.2. The normalized spacial score (nSPS) is 14.5. The molecule has 0 bridgehead atoms. The topological polar surface area (TPSA) is 154 Å². The first-order valence-electron chi connectivity index (χ1n) is 5.25. The van der Waals surface area contributed by atoms with Crippen molar-refractivity contribution in [2.75, 3.05) is 0 Å². The summed E-state index contributed by atoms with van der Waals surface area (Å²) in [6.45, 7) is 1.92. The van der Waals surface area contributed by atoms with Crippen LogP contribution < -0.4 is 5.73 Å². The van der Waals surface area contributed by atoms with E-state index in [1.807, 2.05) is 25.1 Å². The van der Waals surface area contributed by atoms with Gasteiger partial charge in [-0.3, -0.25) is 4.98 Å². The van der Waals surface area contributed by atoms with Crippen LogP contribution in [0.15, 0.2) is 24.4 Å². The van der Waals surface area contributed by atoms with Crippen LogP contribution in [0.4, 0.5) is 0 Å². The fourth-order valence-electron chi connectivity index (χ4n) is 0.915. The number of aliphatic hydroxyl groups excluding tert-OH is 2. The van der Waals surface area contributed by atoms with Gasteiger partial charge in [0.25, 0.3) is 0 Å². The van der Waals surface area contributed by atoms with E-state index < -0.39 is 24.1 Å². The van der Waals surface area contributed by atoms with E-state index >= 15 is 0 Å². The summed E-state index contributed by atoms with van der Waals surface area (Å²) >= 11 is 0. The van der Waals surface area contributed by atoms with Gasteiger partial charge in [0.2, 0.25) is 0 Å². The lowest BCUT2D eigenvalue weighted by Crippen LogP contribution is -2.39. The number of carbonyl (C=O) groups is 2. The van der Waals surface area contributed by atoms with E-state index in [0.717, 1.165) is 5.69 Å². The van der Waals surface area contributed by atoms with Crippen molar-refractivity contribution in [3.63, 3.8) is 0 Å². The molecule has 0 aliphatic rings. The molecule has 0 spiro atoms. The van der Waals surface area contributed by atoms with Crippen LogP contribution in [0.2, 0.25) is 0 Å². The van der Waals surface area contributed by atoms with Crippen molar-refractivity contribution in [1.82, 2.24) is 4.98 Å². The molecule has 0 aliphatic heterocycles. The summed E-state index contributed by atoms with van der Waals surface area (Å²) in [6, 6.07) is 5.79. The van der Waals surface area contributed by atoms with Crippen molar-refractivity contribution in [2.45, 2.75) is 25.2 Å². The van der Waals surface area contributed by atoms with Crippen LogP contribution in [0.5, 0.6) is 0 Å². The molecule has 3 atom stereocenters. The first kappa shape index (κ1) is 17.0. The van der Waals surface area contributed by atoms with E-state index in [2.05, 4.69) is 4.98 Å². The van der Waals surface area contributed by atoms with Crippen LogP contribution in [0.3, 0.4) is 0 Å². The van der Waals surface area contributed by atoms with Crippen LogP contribution in [-0.2, 0) is 9.59 Å². The van der Waals surface area contributed by atoms with Gasteiger partial charge in [-0.25, -0.2) is 9.59 Å². The summed E-state index contributed by atoms with van der Waals surface area (Å²) in [5.74, 6) is -3.54. The largest absolute Gasteiger partial charge is 0.479 e. The summed E-state index contributed by atoms with van der Waals surface area (Å²) in [7, 11) is 0. The van der Waals surface area contributed by atoms with Gasteiger partial charge in [0.05, 0.1) is 5.69 Å². The molecule has 19 heavy (non-hydrogen) atoms.